The molecule has 2 saturated carbocycles. The first-order valence-corrected chi connectivity index (χ1v) is 13.3. The second kappa shape index (κ2) is 10.4. The molecule has 6 heteroatoms. The minimum atomic E-state index is -0.581. The number of ether oxygens (including phenoxy) is 3. The Hall–Kier alpha value is -2.57. The number of methoxy groups -OCH3 is 1. The molecule has 5 atom stereocenters. The fraction of sp³-hybridized carbons (Fsp3) is 0.567. The smallest absolute Gasteiger partial charge is 0.248 e. The van der Waals surface area contributed by atoms with E-state index in [9.17, 15) is 9.90 Å². The van der Waals surface area contributed by atoms with Gasteiger partial charge in [-0.3, -0.25) is 4.79 Å². The van der Waals surface area contributed by atoms with Gasteiger partial charge < -0.3 is 24.2 Å². The third kappa shape index (κ3) is 4.98. The maximum Gasteiger partial charge on any atom is 0.248 e. The number of carbonyl (C=O) groups is 1. The lowest BCUT2D eigenvalue weighted by molar-refractivity contribution is -0.136. The van der Waals surface area contributed by atoms with Gasteiger partial charge >= 0.3 is 0 Å². The van der Waals surface area contributed by atoms with E-state index in [4.69, 9.17) is 14.2 Å². The van der Waals surface area contributed by atoms with Gasteiger partial charge in [0, 0.05) is 24.4 Å². The van der Waals surface area contributed by atoms with Gasteiger partial charge in [0.15, 0.2) is 11.5 Å². The number of carbonyl (C=O) groups excluding carboxylic acids is 1. The van der Waals surface area contributed by atoms with Crippen molar-refractivity contribution >= 4 is 5.91 Å². The quantitative estimate of drug-likeness (QED) is 0.522. The van der Waals surface area contributed by atoms with Gasteiger partial charge in [-0.1, -0.05) is 49.7 Å². The van der Waals surface area contributed by atoms with Crippen molar-refractivity contribution in [3.63, 3.8) is 0 Å². The van der Waals surface area contributed by atoms with Crippen LogP contribution in [0.5, 0.6) is 11.5 Å². The summed E-state index contributed by atoms with van der Waals surface area (Å²) in [5.74, 6) is 3.76. The Kier molecular flexibility index (Phi) is 7.27. The van der Waals surface area contributed by atoms with Gasteiger partial charge in [-0.15, -0.1) is 0 Å². The van der Waals surface area contributed by atoms with Crippen LogP contribution in [0.15, 0.2) is 48.5 Å². The van der Waals surface area contributed by atoms with Gasteiger partial charge in [-0.2, -0.15) is 0 Å². The lowest BCUT2D eigenvalue weighted by Crippen LogP contribution is -2.38. The van der Waals surface area contributed by atoms with Crippen LogP contribution in [0, 0.1) is 23.2 Å². The van der Waals surface area contributed by atoms with Crippen molar-refractivity contribution in [2.75, 3.05) is 33.4 Å². The number of aliphatic hydroxyl groups is 1. The van der Waals surface area contributed by atoms with E-state index >= 15 is 0 Å². The van der Waals surface area contributed by atoms with Gasteiger partial charge in [0.25, 0.3) is 0 Å². The predicted octanol–water partition coefficient (Wildman–Crippen LogP) is 4.65. The zero-order chi connectivity index (χ0) is 25.3. The minimum Gasteiger partial charge on any atom is -0.493 e. The van der Waals surface area contributed by atoms with Crippen LogP contribution < -0.4 is 9.47 Å². The summed E-state index contributed by atoms with van der Waals surface area (Å²) in [5.41, 5.74) is 1.62. The number of rotatable bonds is 10. The normalized spacial score (nSPS) is 29.6. The molecular weight excluding hydrogens is 454 g/mol. The number of aliphatic hydroxyl groups excluding tert-OH is 1. The standard InChI is InChI=1S/C30H39NO5/c1-20(32)30(2)19-31(29(33)18-35-16-21-8-5-4-6-9-21)15-26(30)22-12-13-27(34-3)28(14-22)36-17-25-23-10-7-11-24(23)25/h4-6,8-9,12-14,20,23-26,32H,7,10-11,15-19H2,1-3H3/t20-,23?,24?,25?,26+,30+/m1/s1. The molecule has 1 aliphatic heterocycles. The summed E-state index contributed by atoms with van der Waals surface area (Å²) in [6, 6.07) is 15.9. The van der Waals surface area contributed by atoms with Crippen LogP contribution in [0.4, 0.5) is 0 Å². The maximum atomic E-state index is 13.0. The van der Waals surface area contributed by atoms with E-state index < -0.39 is 11.5 Å². The SMILES string of the molecule is COc1ccc([C@@H]2CN(C(=O)COCc3ccccc3)C[C@@]2(C)[C@@H](C)O)cc1OCC1C2CCCC21. The monoisotopic (exact) mass is 493 g/mol. The molecule has 2 aromatic rings. The summed E-state index contributed by atoms with van der Waals surface area (Å²) >= 11 is 0. The molecule has 2 unspecified atom stereocenters. The summed E-state index contributed by atoms with van der Waals surface area (Å²) in [6.07, 6.45) is 3.45. The number of nitrogens with zero attached hydrogens (tertiary/aromatic N) is 1. The molecule has 6 nitrogen and oxygen atoms in total. The average Bonchev–Trinajstić information content (AvgIpc) is 3.19. The molecule has 1 amide bonds. The highest BCUT2D eigenvalue weighted by Gasteiger charge is 2.53. The highest BCUT2D eigenvalue weighted by molar-refractivity contribution is 5.78. The fourth-order valence-corrected chi connectivity index (χ4v) is 6.46. The minimum absolute atomic E-state index is 0.0239. The van der Waals surface area contributed by atoms with Gasteiger partial charge in [0.05, 0.1) is 26.4 Å². The molecule has 0 bridgehead atoms. The van der Waals surface area contributed by atoms with Crippen LogP contribution in [0.3, 0.4) is 0 Å². The lowest BCUT2D eigenvalue weighted by atomic mass is 9.72. The van der Waals surface area contributed by atoms with Crippen LogP contribution in [-0.4, -0.2) is 55.4 Å². The van der Waals surface area contributed by atoms with Crippen molar-refractivity contribution in [3.05, 3.63) is 59.7 Å². The Morgan fingerprint density at radius 1 is 1.14 bits per heavy atom. The molecule has 2 aromatic carbocycles. The van der Waals surface area contributed by atoms with E-state index in [0.29, 0.717) is 25.6 Å². The molecule has 1 saturated heterocycles. The third-order valence-electron chi connectivity index (χ3n) is 8.98. The van der Waals surface area contributed by atoms with Crippen LogP contribution in [0.25, 0.3) is 0 Å². The summed E-state index contributed by atoms with van der Waals surface area (Å²) in [4.78, 5) is 14.9. The maximum absolute atomic E-state index is 13.0. The average molecular weight is 494 g/mol. The Labute approximate surface area is 214 Å². The summed E-state index contributed by atoms with van der Waals surface area (Å²) < 4.78 is 17.6. The van der Waals surface area contributed by atoms with E-state index in [2.05, 4.69) is 13.0 Å². The molecule has 3 aliphatic rings. The number of fused-ring (bicyclic) bond motifs is 1. The predicted molar refractivity (Wildman–Crippen MR) is 138 cm³/mol. The molecule has 1 heterocycles. The van der Waals surface area contributed by atoms with Crippen molar-refractivity contribution < 1.29 is 24.1 Å². The van der Waals surface area contributed by atoms with Crippen molar-refractivity contribution in [1.29, 1.82) is 0 Å². The molecule has 5 rings (SSSR count). The first-order valence-electron chi connectivity index (χ1n) is 13.3. The molecule has 0 radical (unpaired) electrons. The van der Waals surface area contributed by atoms with Crippen LogP contribution in [-0.2, 0) is 16.1 Å². The molecule has 36 heavy (non-hydrogen) atoms. The first kappa shape index (κ1) is 25.1. The van der Waals surface area contributed by atoms with Gasteiger partial charge in [0.2, 0.25) is 5.91 Å². The third-order valence-corrected chi connectivity index (χ3v) is 8.98. The van der Waals surface area contributed by atoms with Crippen LogP contribution in [0.2, 0.25) is 0 Å². The summed E-state index contributed by atoms with van der Waals surface area (Å²) in [6.45, 7) is 6.06. The number of benzene rings is 2. The number of likely N-dealkylation sites (tertiary alicyclic amines) is 1. The second-order valence-corrected chi connectivity index (χ2v) is 11.1. The Morgan fingerprint density at radius 3 is 2.58 bits per heavy atom. The van der Waals surface area contributed by atoms with Crippen molar-refractivity contribution in [1.82, 2.24) is 4.90 Å². The van der Waals surface area contributed by atoms with Crippen molar-refractivity contribution in [2.24, 2.45) is 23.2 Å². The van der Waals surface area contributed by atoms with E-state index in [1.54, 1.807) is 7.11 Å². The van der Waals surface area contributed by atoms with E-state index in [1.807, 2.05) is 54.3 Å². The Morgan fingerprint density at radius 2 is 1.89 bits per heavy atom. The number of amides is 1. The van der Waals surface area contributed by atoms with Crippen LogP contribution >= 0.6 is 0 Å². The first-order chi connectivity index (χ1) is 17.4. The van der Waals surface area contributed by atoms with E-state index in [-0.39, 0.29) is 18.4 Å². The largest absolute Gasteiger partial charge is 0.493 e. The second-order valence-electron chi connectivity index (χ2n) is 11.1. The van der Waals surface area contributed by atoms with Crippen molar-refractivity contribution in [2.45, 2.75) is 51.7 Å². The highest BCUT2D eigenvalue weighted by Crippen LogP contribution is 2.57. The van der Waals surface area contributed by atoms with Crippen LogP contribution in [0.1, 0.15) is 50.2 Å². The zero-order valence-electron chi connectivity index (χ0n) is 21.7. The van der Waals surface area contributed by atoms with Crippen molar-refractivity contribution in [3.8, 4) is 11.5 Å². The molecule has 194 valence electrons. The van der Waals surface area contributed by atoms with E-state index in [0.717, 1.165) is 41.1 Å². The fourth-order valence-electron chi connectivity index (χ4n) is 6.46. The van der Waals surface area contributed by atoms with Gasteiger partial charge in [0.1, 0.15) is 6.61 Å². The van der Waals surface area contributed by atoms with Gasteiger partial charge in [-0.05, 0) is 60.8 Å². The molecule has 1 N–H and O–H groups in total. The Balaban J connectivity index is 1.26. The zero-order valence-corrected chi connectivity index (χ0v) is 21.7. The van der Waals surface area contributed by atoms with E-state index in [1.165, 1.54) is 19.3 Å². The Bertz CT molecular complexity index is 1050. The number of hydrogen-bond donors (Lipinski definition) is 1. The summed E-state index contributed by atoms with van der Waals surface area (Å²) in [5, 5.41) is 10.8. The molecule has 0 aromatic heterocycles. The molecule has 0 spiro atoms. The molecular formula is C30H39NO5. The number of hydrogen-bond acceptors (Lipinski definition) is 5. The molecule has 3 fully saturated rings. The highest BCUT2D eigenvalue weighted by atomic mass is 16.5. The molecule has 2 aliphatic carbocycles. The van der Waals surface area contributed by atoms with Gasteiger partial charge in [-0.25, -0.2) is 0 Å². The summed E-state index contributed by atoms with van der Waals surface area (Å²) in [7, 11) is 1.67. The lowest BCUT2D eigenvalue weighted by Gasteiger charge is -2.33. The topological polar surface area (TPSA) is 68.2 Å².